The van der Waals surface area contributed by atoms with Gasteiger partial charge in [0.25, 0.3) is 0 Å². The lowest BCUT2D eigenvalue weighted by Gasteiger charge is -1.93. The van der Waals surface area contributed by atoms with E-state index in [1.807, 2.05) is 6.08 Å². The molecule has 1 rings (SSSR count). The Labute approximate surface area is 76.6 Å². The molecule has 1 amide bonds. The van der Waals surface area contributed by atoms with Crippen LogP contribution in [-0.2, 0) is 4.79 Å². The molecular formula is C9H12N2O2. The molecule has 0 unspecified atom stereocenters. The fourth-order valence-corrected chi connectivity index (χ4v) is 0.802. The number of nitrogens with one attached hydrogen (secondary N) is 1. The van der Waals surface area contributed by atoms with Crippen molar-refractivity contribution >= 4 is 11.7 Å². The van der Waals surface area contributed by atoms with Crippen molar-refractivity contribution in [2.24, 2.45) is 0 Å². The molecule has 0 radical (unpaired) electrons. The van der Waals surface area contributed by atoms with Crippen LogP contribution in [0.1, 0.15) is 19.8 Å². The minimum atomic E-state index is -0.178. The van der Waals surface area contributed by atoms with Crippen molar-refractivity contribution in [3.05, 3.63) is 24.5 Å². The lowest BCUT2D eigenvalue weighted by Crippen LogP contribution is -2.07. The molecule has 1 aromatic rings. The largest absolute Gasteiger partial charge is 0.363 e. The molecule has 0 fully saturated rings. The molecule has 0 aromatic carbocycles. The topological polar surface area (TPSA) is 55.1 Å². The number of nitrogens with zero attached hydrogens (tertiary/aromatic N) is 1. The maximum absolute atomic E-state index is 11.1. The quantitative estimate of drug-likeness (QED) is 0.720. The lowest BCUT2D eigenvalue weighted by molar-refractivity contribution is -0.112. The van der Waals surface area contributed by atoms with E-state index in [2.05, 4.69) is 21.9 Å². The van der Waals surface area contributed by atoms with E-state index in [1.54, 1.807) is 6.07 Å². The number of hydrogen-bond donors (Lipinski definition) is 1. The third-order valence-corrected chi connectivity index (χ3v) is 1.41. The summed E-state index contributed by atoms with van der Waals surface area (Å²) in [6.45, 7) is 2.06. The van der Waals surface area contributed by atoms with Crippen LogP contribution in [0.4, 0.5) is 5.82 Å². The molecule has 0 aliphatic carbocycles. The smallest absolute Gasteiger partial charge is 0.249 e. The van der Waals surface area contributed by atoms with Crippen molar-refractivity contribution in [1.82, 2.24) is 5.16 Å². The highest BCUT2D eigenvalue weighted by Gasteiger charge is 1.98. The van der Waals surface area contributed by atoms with Gasteiger partial charge in [-0.3, -0.25) is 4.79 Å². The normalized spacial score (nSPS) is 10.5. The van der Waals surface area contributed by atoms with Crippen LogP contribution in [0, 0.1) is 0 Å². The molecule has 13 heavy (non-hydrogen) atoms. The third kappa shape index (κ3) is 3.55. The van der Waals surface area contributed by atoms with E-state index in [9.17, 15) is 4.79 Å². The van der Waals surface area contributed by atoms with E-state index >= 15 is 0 Å². The molecule has 0 aliphatic rings. The summed E-state index contributed by atoms with van der Waals surface area (Å²) in [6, 6.07) is 1.59. The van der Waals surface area contributed by atoms with Crippen molar-refractivity contribution in [2.75, 3.05) is 5.32 Å². The summed E-state index contributed by atoms with van der Waals surface area (Å²) in [6.07, 6.45) is 6.68. The molecule has 1 heterocycles. The Hall–Kier alpha value is -1.58. The van der Waals surface area contributed by atoms with Gasteiger partial charge in [-0.25, -0.2) is 0 Å². The number of anilines is 1. The minimum absolute atomic E-state index is 0.178. The number of aromatic nitrogens is 1. The van der Waals surface area contributed by atoms with Crippen LogP contribution in [0.2, 0.25) is 0 Å². The Morgan fingerprint density at radius 1 is 1.77 bits per heavy atom. The Bertz CT molecular complexity index is 278. The number of unbranched alkanes of at least 4 members (excludes halogenated alkanes) is 1. The van der Waals surface area contributed by atoms with Crippen LogP contribution in [-0.4, -0.2) is 11.1 Å². The van der Waals surface area contributed by atoms with E-state index < -0.39 is 0 Å². The molecular weight excluding hydrogens is 168 g/mol. The fraction of sp³-hybridized carbons (Fsp3) is 0.333. The Kier molecular flexibility index (Phi) is 3.75. The number of hydrogen-bond acceptors (Lipinski definition) is 3. The van der Waals surface area contributed by atoms with Gasteiger partial charge in [-0.15, -0.1) is 0 Å². The van der Waals surface area contributed by atoms with Crippen molar-refractivity contribution in [3.63, 3.8) is 0 Å². The molecule has 0 atom stereocenters. The van der Waals surface area contributed by atoms with Gasteiger partial charge in [0.05, 0.1) is 0 Å². The molecule has 0 aliphatic heterocycles. The maximum Gasteiger partial charge on any atom is 0.249 e. The first-order valence-corrected chi connectivity index (χ1v) is 4.21. The zero-order valence-electron chi connectivity index (χ0n) is 7.49. The summed E-state index contributed by atoms with van der Waals surface area (Å²) < 4.78 is 4.55. The molecule has 0 saturated carbocycles. The summed E-state index contributed by atoms with van der Waals surface area (Å²) in [5.74, 6) is 0.258. The Morgan fingerprint density at radius 2 is 2.62 bits per heavy atom. The first kappa shape index (κ1) is 9.51. The molecule has 0 spiro atoms. The second-order valence-electron chi connectivity index (χ2n) is 2.56. The minimum Gasteiger partial charge on any atom is -0.363 e. The van der Waals surface area contributed by atoms with E-state index in [1.165, 1.54) is 12.3 Å². The number of amides is 1. The van der Waals surface area contributed by atoms with Gasteiger partial charge < -0.3 is 9.84 Å². The van der Waals surface area contributed by atoms with Crippen molar-refractivity contribution < 1.29 is 9.32 Å². The highest BCUT2D eigenvalue weighted by molar-refractivity contribution is 5.98. The van der Waals surface area contributed by atoms with Gasteiger partial charge in [0.2, 0.25) is 5.91 Å². The predicted octanol–water partition coefficient (Wildman–Crippen LogP) is 1.97. The maximum atomic E-state index is 11.1. The molecule has 1 aromatic heterocycles. The van der Waals surface area contributed by atoms with Crippen LogP contribution in [0.15, 0.2) is 29.0 Å². The second kappa shape index (κ2) is 5.13. The van der Waals surface area contributed by atoms with Crippen LogP contribution >= 0.6 is 0 Å². The average molecular weight is 180 g/mol. The van der Waals surface area contributed by atoms with Crippen molar-refractivity contribution in [3.8, 4) is 0 Å². The molecule has 1 N–H and O–H groups in total. The molecule has 70 valence electrons. The first-order valence-electron chi connectivity index (χ1n) is 4.21. The number of rotatable bonds is 4. The van der Waals surface area contributed by atoms with Crippen LogP contribution < -0.4 is 5.32 Å². The van der Waals surface area contributed by atoms with E-state index in [4.69, 9.17) is 0 Å². The van der Waals surface area contributed by atoms with E-state index in [0.29, 0.717) is 5.82 Å². The average Bonchev–Trinajstić information content (AvgIpc) is 2.57. The third-order valence-electron chi connectivity index (χ3n) is 1.41. The zero-order chi connectivity index (χ0) is 9.52. The van der Waals surface area contributed by atoms with Gasteiger partial charge in [0.1, 0.15) is 6.26 Å². The highest BCUT2D eigenvalue weighted by atomic mass is 16.5. The number of allylic oxidation sites excluding steroid dienone is 1. The van der Waals surface area contributed by atoms with Gasteiger partial charge in [0.15, 0.2) is 5.82 Å². The Morgan fingerprint density at radius 3 is 3.23 bits per heavy atom. The highest BCUT2D eigenvalue weighted by Crippen LogP contribution is 2.00. The summed E-state index contributed by atoms with van der Waals surface area (Å²) in [5.41, 5.74) is 0. The van der Waals surface area contributed by atoms with E-state index in [0.717, 1.165) is 12.8 Å². The SMILES string of the molecule is CCC/C=C/C(=O)Nc1ccon1. The van der Waals surface area contributed by atoms with Gasteiger partial charge in [-0.05, 0) is 12.5 Å². The summed E-state index contributed by atoms with van der Waals surface area (Å²) in [7, 11) is 0. The van der Waals surface area contributed by atoms with Gasteiger partial charge >= 0.3 is 0 Å². The van der Waals surface area contributed by atoms with Crippen molar-refractivity contribution in [1.29, 1.82) is 0 Å². The molecule has 0 saturated heterocycles. The van der Waals surface area contributed by atoms with Crippen LogP contribution in [0.3, 0.4) is 0 Å². The number of carbonyl (C=O) groups is 1. The van der Waals surface area contributed by atoms with Gasteiger partial charge in [0, 0.05) is 6.07 Å². The van der Waals surface area contributed by atoms with Gasteiger partial charge in [-0.1, -0.05) is 24.6 Å². The Balaban J connectivity index is 2.34. The molecule has 4 heteroatoms. The molecule has 4 nitrogen and oxygen atoms in total. The van der Waals surface area contributed by atoms with Crippen LogP contribution in [0.5, 0.6) is 0 Å². The monoisotopic (exact) mass is 180 g/mol. The zero-order valence-corrected chi connectivity index (χ0v) is 7.49. The number of carbonyl (C=O) groups excluding carboxylic acids is 1. The standard InChI is InChI=1S/C9H12N2O2/c1-2-3-4-5-9(12)10-8-6-7-13-11-8/h4-7H,2-3H2,1H3,(H,10,11,12)/b5-4+. The summed E-state index contributed by atoms with van der Waals surface area (Å²) in [4.78, 5) is 11.1. The van der Waals surface area contributed by atoms with E-state index in [-0.39, 0.29) is 5.91 Å². The fourth-order valence-electron chi connectivity index (χ4n) is 0.802. The van der Waals surface area contributed by atoms with Gasteiger partial charge in [-0.2, -0.15) is 0 Å². The first-order chi connectivity index (χ1) is 6.33. The predicted molar refractivity (Wildman–Crippen MR) is 49.2 cm³/mol. The summed E-state index contributed by atoms with van der Waals surface area (Å²) in [5, 5.41) is 6.09. The summed E-state index contributed by atoms with van der Waals surface area (Å²) >= 11 is 0. The molecule has 0 bridgehead atoms. The second-order valence-corrected chi connectivity index (χ2v) is 2.56. The van der Waals surface area contributed by atoms with Crippen LogP contribution in [0.25, 0.3) is 0 Å². The van der Waals surface area contributed by atoms with Crippen molar-refractivity contribution in [2.45, 2.75) is 19.8 Å². The lowest BCUT2D eigenvalue weighted by atomic mass is 10.3.